The Bertz CT molecular complexity index is 908. The zero-order valence-corrected chi connectivity index (χ0v) is 14.9. The van der Waals surface area contributed by atoms with Gasteiger partial charge in [0.2, 0.25) is 0 Å². The van der Waals surface area contributed by atoms with Gasteiger partial charge in [0, 0.05) is 24.6 Å². The van der Waals surface area contributed by atoms with E-state index in [0.29, 0.717) is 35.3 Å². The highest BCUT2D eigenvalue weighted by Gasteiger charge is 2.14. The minimum atomic E-state index is -0.170. The zero-order chi connectivity index (χ0) is 17.8. The van der Waals surface area contributed by atoms with E-state index in [1.54, 1.807) is 12.3 Å². The largest absolute Gasteiger partial charge is 0.490 e. The normalized spacial score (nSPS) is 13.1. The number of nitrogens with zero attached hydrogens (tertiary/aromatic N) is 1. The summed E-state index contributed by atoms with van der Waals surface area (Å²) in [6.45, 7) is 1.26. The summed E-state index contributed by atoms with van der Waals surface area (Å²) in [7, 11) is 0. The zero-order valence-electron chi connectivity index (χ0n) is 14.1. The molecule has 2 aromatic carbocycles. The van der Waals surface area contributed by atoms with E-state index in [0.717, 1.165) is 17.8 Å². The van der Waals surface area contributed by atoms with Gasteiger partial charge in [0.1, 0.15) is 4.88 Å². The van der Waals surface area contributed by atoms with Crippen LogP contribution in [0, 0.1) is 0 Å². The maximum Gasteiger partial charge on any atom is 0.267 e. The highest BCUT2D eigenvalue weighted by Crippen LogP contribution is 2.32. The van der Waals surface area contributed by atoms with E-state index in [1.807, 2.05) is 30.3 Å². The number of benzene rings is 2. The second-order valence-corrected chi connectivity index (χ2v) is 7.06. The van der Waals surface area contributed by atoms with Gasteiger partial charge in [0.05, 0.1) is 24.4 Å². The number of thiazole rings is 1. The number of ether oxygens (including phenoxy) is 2. The first kappa shape index (κ1) is 16.6. The molecule has 0 unspecified atom stereocenters. The molecule has 0 atom stereocenters. The van der Waals surface area contributed by atoms with Gasteiger partial charge in [-0.3, -0.25) is 4.79 Å². The van der Waals surface area contributed by atoms with Crippen LogP contribution in [0.1, 0.15) is 26.7 Å². The van der Waals surface area contributed by atoms with E-state index < -0.39 is 0 Å². The lowest BCUT2D eigenvalue weighted by atomic mass is 10.2. The van der Waals surface area contributed by atoms with Crippen molar-refractivity contribution in [2.75, 3.05) is 18.5 Å². The highest BCUT2D eigenvalue weighted by atomic mass is 32.1. The van der Waals surface area contributed by atoms with Crippen molar-refractivity contribution in [2.24, 2.45) is 0 Å². The summed E-state index contributed by atoms with van der Waals surface area (Å²) in [5, 5.41) is 3.82. The highest BCUT2D eigenvalue weighted by molar-refractivity contribution is 7.13. The third-order valence-electron chi connectivity index (χ3n) is 3.98. The molecule has 0 bridgehead atoms. The van der Waals surface area contributed by atoms with Crippen LogP contribution in [0.25, 0.3) is 0 Å². The number of aromatic nitrogens is 1. The van der Waals surface area contributed by atoms with Crippen molar-refractivity contribution in [2.45, 2.75) is 12.8 Å². The Morgan fingerprint density at radius 3 is 2.73 bits per heavy atom. The van der Waals surface area contributed by atoms with Crippen LogP contribution in [-0.4, -0.2) is 24.1 Å². The van der Waals surface area contributed by atoms with Crippen LogP contribution in [0.15, 0.2) is 54.7 Å². The maximum absolute atomic E-state index is 12.5. The van der Waals surface area contributed by atoms with Crippen LogP contribution in [-0.2, 0) is 6.42 Å². The number of carbonyl (C=O) groups excluding carboxylic acids is 1. The fraction of sp³-hybridized carbons (Fsp3) is 0.200. The molecule has 4 rings (SSSR count). The average molecular weight is 366 g/mol. The first-order chi connectivity index (χ1) is 12.8. The standard InChI is InChI=1S/C20H18N2O3S/c23-20(18-13-21-19(26-18)11-14-5-2-1-3-6-14)22-15-7-8-16-17(12-15)25-10-4-9-24-16/h1-3,5-8,12-13H,4,9-11H2,(H,22,23). The van der Waals surface area contributed by atoms with Gasteiger partial charge in [-0.05, 0) is 17.7 Å². The quantitative estimate of drug-likeness (QED) is 0.754. The summed E-state index contributed by atoms with van der Waals surface area (Å²) in [6.07, 6.45) is 3.20. The monoisotopic (exact) mass is 366 g/mol. The van der Waals surface area contributed by atoms with Crippen molar-refractivity contribution in [1.29, 1.82) is 0 Å². The van der Waals surface area contributed by atoms with Crippen molar-refractivity contribution < 1.29 is 14.3 Å². The number of rotatable bonds is 4. The molecule has 1 aliphatic heterocycles. The van der Waals surface area contributed by atoms with E-state index in [1.165, 1.54) is 16.9 Å². The number of nitrogens with one attached hydrogen (secondary N) is 1. The van der Waals surface area contributed by atoms with Gasteiger partial charge in [0.15, 0.2) is 11.5 Å². The molecule has 3 aromatic rings. The van der Waals surface area contributed by atoms with Crippen LogP contribution < -0.4 is 14.8 Å². The van der Waals surface area contributed by atoms with E-state index >= 15 is 0 Å². The molecule has 0 fully saturated rings. The molecule has 26 heavy (non-hydrogen) atoms. The maximum atomic E-state index is 12.5. The molecule has 1 N–H and O–H groups in total. The molecule has 5 nitrogen and oxygen atoms in total. The fourth-order valence-corrected chi connectivity index (χ4v) is 3.55. The lowest BCUT2D eigenvalue weighted by Gasteiger charge is -2.09. The summed E-state index contributed by atoms with van der Waals surface area (Å²) in [5.74, 6) is 1.20. The van der Waals surface area contributed by atoms with Gasteiger partial charge in [0.25, 0.3) is 5.91 Å². The molecule has 0 radical (unpaired) electrons. The summed E-state index contributed by atoms with van der Waals surface area (Å²) in [5.41, 5.74) is 1.86. The summed E-state index contributed by atoms with van der Waals surface area (Å²) in [4.78, 5) is 17.5. The Labute approximate surface area is 155 Å². The van der Waals surface area contributed by atoms with Gasteiger partial charge in [-0.1, -0.05) is 30.3 Å². The number of hydrogen-bond donors (Lipinski definition) is 1. The Hall–Kier alpha value is -2.86. The second-order valence-electron chi connectivity index (χ2n) is 5.95. The second kappa shape index (κ2) is 7.58. The first-order valence-electron chi connectivity index (χ1n) is 8.47. The summed E-state index contributed by atoms with van der Waals surface area (Å²) < 4.78 is 11.3. The molecule has 6 heteroatoms. The van der Waals surface area contributed by atoms with E-state index in [2.05, 4.69) is 22.4 Å². The van der Waals surface area contributed by atoms with Crippen molar-refractivity contribution in [3.63, 3.8) is 0 Å². The first-order valence-corrected chi connectivity index (χ1v) is 9.29. The van der Waals surface area contributed by atoms with Crippen LogP contribution in [0.3, 0.4) is 0 Å². The van der Waals surface area contributed by atoms with Crippen LogP contribution in [0.5, 0.6) is 11.5 Å². The molecule has 0 spiro atoms. The molecule has 132 valence electrons. The molecule has 1 aromatic heterocycles. The third kappa shape index (κ3) is 3.86. The SMILES string of the molecule is O=C(Nc1ccc2c(c1)OCCCO2)c1cnc(Cc2ccccc2)s1. The van der Waals surface area contributed by atoms with Crippen LogP contribution >= 0.6 is 11.3 Å². The molecule has 1 aliphatic rings. The molecule has 0 saturated heterocycles. The van der Waals surface area contributed by atoms with Crippen molar-refractivity contribution in [1.82, 2.24) is 4.98 Å². The Kier molecular flexibility index (Phi) is 4.84. The lowest BCUT2D eigenvalue weighted by Crippen LogP contribution is -2.10. The number of carbonyl (C=O) groups is 1. The van der Waals surface area contributed by atoms with Crippen LogP contribution in [0.2, 0.25) is 0 Å². The number of anilines is 1. The van der Waals surface area contributed by atoms with E-state index in [4.69, 9.17) is 9.47 Å². The number of fused-ring (bicyclic) bond motifs is 1. The lowest BCUT2D eigenvalue weighted by molar-refractivity contribution is 0.103. The summed E-state index contributed by atoms with van der Waals surface area (Å²) >= 11 is 1.41. The number of hydrogen-bond acceptors (Lipinski definition) is 5. The molecule has 1 amide bonds. The molecular formula is C20H18N2O3S. The van der Waals surface area contributed by atoms with Gasteiger partial charge < -0.3 is 14.8 Å². The van der Waals surface area contributed by atoms with Gasteiger partial charge in [-0.25, -0.2) is 4.98 Å². The molecule has 0 aliphatic carbocycles. The van der Waals surface area contributed by atoms with Gasteiger partial charge in [-0.15, -0.1) is 11.3 Å². The smallest absolute Gasteiger partial charge is 0.267 e. The van der Waals surface area contributed by atoms with E-state index in [9.17, 15) is 4.79 Å². The Morgan fingerprint density at radius 2 is 1.88 bits per heavy atom. The minimum absolute atomic E-state index is 0.170. The topological polar surface area (TPSA) is 60.5 Å². The average Bonchev–Trinajstić information content (AvgIpc) is 3.00. The summed E-state index contributed by atoms with van der Waals surface area (Å²) in [6, 6.07) is 15.5. The Morgan fingerprint density at radius 1 is 1.08 bits per heavy atom. The van der Waals surface area contributed by atoms with Crippen molar-refractivity contribution in [3.8, 4) is 11.5 Å². The Balaban J connectivity index is 1.44. The molecule has 2 heterocycles. The van der Waals surface area contributed by atoms with Crippen LogP contribution in [0.4, 0.5) is 5.69 Å². The van der Waals surface area contributed by atoms with Crippen molar-refractivity contribution >= 4 is 22.9 Å². The van der Waals surface area contributed by atoms with E-state index in [-0.39, 0.29) is 5.91 Å². The predicted molar refractivity (Wildman–Crippen MR) is 101 cm³/mol. The third-order valence-corrected chi connectivity index (χ3v) is 4.98. The van der Waals surface area contributed by atoms with Crippen molar-refractivity contribution in [3.05, 3.63) is 70.2 Å². The number of amides is 1. The van der Waals surface area contributed by atoms with Gasteiger partial charge in [-0.2, -0.15) is 0 Å². The minimum Gasteiger partial charge on any atom is -0.490 e. The van der Waals surface area contributed by atoms with Gasteiger partial charge >= 0.3 is 0 Å². The fourth-order valence-electron chi connectivity index (χ4n) is 2.70. The molecular weight excluding hydrogens is 348 g/mol. The predicted octanol–water partition coefficient (Wildman–Crippen LogP) is 4.15. The molecule has 0 saturated carbocycles.